The van der Waals surface area contributed by atoms with Crippen molar-refractivity contribution in [1.82, 2.24) is 24.3 Å². The van der Waals surface area contributed by atoms with E-state index in [1.807, 2.05) is 53.3 Å². The molecule has 0 bridgehead atoms. The number of amides is 1. The quantitative estimate of drug-likeness (QED) is 0.596. The molecular weight excluding hydrogens is 374 g/mol. The molecule has 4 heterocycles. The number of thioether (sulfide) groups is 1. The average Bonchev–Trinajstić information content (AvgIpc) is 3.36. The van der Waals surface area contributed by atoms with E-state index in [1.54, 1.807) is 24.0 Å². The first-order valence-electron chi connectivity index (χ1n) is 9.28. The highest BCUT2D eigenvalue weighted by Crippen LogP contribution is 2.22. The first kappa shape index (κ1) is 18.8. The lowest BCUT2D eigenvalue weighted by molar-refractivity contribution is 0.0596. The third-order valence-corrected chi connectivity index (χ3v) is 5.89. The number of hydrogen-bond acceptors (Lipinski definition) is 6. The highest BCUT2D eigenvalue weighted by atomic mass is 32.2. The molecule has 0 unspecified atom stereocenters. The SMILES string of the molecule is Cn1ccnc1SCc1ccc(C(=O)N2CCN(Cc3ccncc3)CC2)o1. The van der Waals surface area contributed by atoms with Crippen molar-refractivity contribution in [2.45, 2.75) is 17.5 Å². The Morgan fingerprint density at radius 1 is 1.11 bits per heavy atom. The molecule has 146 valence electrons. The molecule has 3 aromatic heterocycles. The van der Waals surface area contributed by atoms with E-state index in [0.717, 1.165) is 30.6 Å². The number of rotatable bonds is 6. The maximum atomic E-state index is 12.7. The van der Waals surface area contributed by atoms with Gasteiger partial charge in [-0.1, -0.05) is 11.8 Å². The lowest BCUT2D eigenvalue weighted by Crippen LogP contribution is -2.48. The van der Waals surface area contributed by atoms with Crippen LogP contribution in [0.15, 0.2) is 58.6 Å². The molecule has 1 saturated heterocycles. The van der Waals surface area contributed by atoms with Crippen LogP contribution in [0, 0.1) is 0 Å². The van der Waals surface area contributed by atoms with E-state index in [1.165, 1.54) is 5.56 Å². The van der Waals surface area contributed by atoms with Crippen molar-refractivity contribution >= 4 is 17.7 Å². The first-order valence-corrected chi connectivity index (χ1v) is 10.3. The molecule has 7 nitrogen and oxygen atoms in total. The van der Waals surface area contributed by atoms with Gasteiger partial charge in [0.05, 0.1) is 5.75 Å². The summed E-state index contributed by atoms with van der Waals surface area (Å²) in [5.41, 5.74) is 1.25. The smallest absolute Gasteiger partial charge is 0.289 e. The van der Waals surface area contributed by atoms with Gasteiger partial charge in [-0.3, -0.25) is 14.7 Å². The monoisotopic (exact) mass is 397 g/mol. The van der Waals surface area contributed by atoms with Gasteiger partial charge in [0.2, 0.25) is 0 Å². The molecule has 4 rings (SSSR count). The number of carbonyl (C=O) groups is 1. The lowest BCUT2D eigenvalue weighted by atomic mass is 10.2. The number of aromatic nitrogens is 3. The van der Waals surface area contributed by atoms with E-state index in [-0.39, 0.29) is 5.91 Å². The van der Waals surface area contributed by atoms with Gasteiger partial charge in [-0.15, -0.1) is 0 Å². The van der Waals surface area contributed by atoms with Crippen molar-refractivity contribution in [2.24, 2.45) is 7.05 Å². The van der Waals surface area contributed by atoms with Crippen LogP contribution in [0.3, 0.4) is 0 Å². The number of carbonyl (C=O) groups excluding carboxylic acids is 1. The number of aryl methyl sites for hydroxylation is 1. The fourth-order valence-corrected chi connectivity index (χ4v) is 4.03. The largest absolute Gasteiger partial charge is 0.455 e. The van der Waals surface area contributed by atoms with Crippen molar-refractivity contribution in [3.05, 3.63) is 66.1 Å². The van der Waals surface area contributed by atoms with Crippen LogP contribution in [0.5, 0.6) is 0 Å². The van der Waals surface area contributed by atoms with Gasteiger partial charge in [-0.2, -0.15) is 0 Å². The third kappa shape index (κ3) is 4.45. The van der Waals surface area contributed by atoms with E-state index < -0.39 is 0 Å². The Bertz CT molecular complexity index is 916. The average molecular weight is 398 g/mol. The standard InChI is InChI=1S/C20H23N5O2S/c1-23-9-8-22-20(23)28-15-17-2-3-18(27-17)19(26)25-12-10-24(11-13-25)14-16-4-6-21-7-5-16/h2-9H,10-15H2,1H3. The van der Waals surface area contributed by atoms with Crippen LogP contribution >= 0.6 is 11.8 Å². The highest BCUT2D eigenvalue weighted by Gasteiger charge is 2.24. The maximum absolute atomic E-state index is 12.7. The van der Waals surface area contributed by atoms with Crippen molar-refractivity contribution < 1.29 is 9.21 Å². The number of imidazole rings is 1. The topological polar surface area (TPSA) is 67.4 Å². The Labute approximate surface area is 168 Å². The Balaban J connectivity index is 1.28. The molecular formula is C20H23N5O2S. The second-order valence-corrected chi connectivity index (χ2v) is 7.74. The first-order chi connectivity index (χ1) is 13.7. The summed E-state index contributed by atoms with van der Waals surface area (Å²) in [6.07, 6.45) is 7.31. The van der Waals surface area contributed by atoms with Gasteiger partial charge >= 0.3 is 0 Å². The molecule has 28 heavy (non-hydrogen) atoms. The second kappa shape index (κ2) is 8.62. The normalized spacial score (nSPS) is 15.1. The molecule has 0 aliphatic carbocycles. The Hall–Kier alpha value is -2.58. The predicted octanol–water partition coefficient (Wildman–Crippen LogP) is 2.66. The zero-order chi connectivity index (χ0) is 19.3. The van der Waals surface area contributed by atoms with Crippen molar-refractivity contribution in [2.75, 3.05) is 26.2 Å². The van der Waals surface area contributed by atoms with E-state index >= 15 is 0 Å². The van der Waals surface area contributed by atoms with Crippen molar-refractivity contribution in [3.63, 3.8) is 0 Å². The van der Waals surface area contributed by atoms with Crippen LogP contribution in [-0.4, -0.2) is 56.4 Å². The minimum absolute atomic E-state index is 0.0307. The minimum Gasteiger partial charge on any atom is -0.455 e. The summed E-state index contributed by atoms with van der Waals surface area (Å²) in [4.78, 5) is 25.3. The van der Waals surface area contributed by atoms with Crippen molar-refractivity contribution in [1.29, 1.82) is 0 Å². The Morgan fingerprint density at radius 3 is 2.61 bits per heavy atom. The molecule has 1 amide bonds. The van der Waals surface area contributed by atoms with Crippen LogP contribution in [0.25, 0.3) is 0 Å². The van der Waals surface area contributed by atoms with Gasteiger partial charge in [0.15, 0.2) is 10.9 Å². The summed E-state index contributed by atoms with van der Waals surface area (Å²) >= 11 is 1.59. The summed E-state index contributed by atoms with van der Waals surface area (Å²) in [6.45, 7) is 4.02. The number of piperazine rings is 1. The Kier molecular flexibility index (Phi) is 5.78. The second-order valence-electron chi connectivity index (χ2n) is 6.80. The molecule has 0 radical (unpaired) electrons. The summed E-state index contributed by atoms with van der Waals surface area (Å²) in [7, 11) is 1.96. The van der Waals surface area contributed by atoms with E-state index in [2.05, 4.69) is 14.9 Å². The van der Waals surface area contributed by atoms with E-state index in [4.69, 9.17) is 4.42 Å². The van der Waals surface area contributed by atoms with Gasteiger partial charge in [-0.05, 0) is 29.8 Å². The molecule has 1 fully saturated rings. The van der Waals surface area contributed by atoms with Crippen LogP contribution < -0.4 is 0 Å². The molecule has 0 N–H and O–H groups in total. The fraction of sp³-hybridized carbons (Fsp3) is 0.350. The van der Waals surface area contributed by atoms with Gasteiger partial charge in [0, 0.05) is 64.6 Å². The maximum Gasteiger partial charge on any atom is 0.289 e. The summed E-state index contributed by atoms with van der Waals surface area (Å²) in [5.74, 6) is 1.82. The number of hydrogen-bond donors (Lipinski definition) is 0. The zero-order valence-corrected chi connectivity index (χ0v) is 16.6. The Morgan fingerprint density at radius 2 is 1.89 bits per heavy atom. The number of nitrogens with zero attached hydrogens (tertiary/aromatic N) is 5. The van der Waals surface area contributed by atoms with E-state index in [0.29, 0.717) is 24.6 Å². The van der Waals surface area contributed by atoms with Gasteiger partial charge < -0.3 is 13.9 Å². The molecule has 0 saturated carbocycles. The number of pyridine rings is 1. The van der Waals surface area contributed by atoms with Crippen LogP contribution in [0.4, 0.5) is 0 Å². The summed E-state index contributed by atoms with van der Waals surface area (Å²) in [6, 6.07) is 7.72. The highest BCUT2D eigenvalue weighted by molar-refractivity contribution is 7.98. The molecule has 3 aromatic rings. The van der Waals surface area contributed by atoms with Crippen molar-refractivity contribution in [3.8, 4) is 0 Å². The molecule has 0 atom stereocenters. The fourth-order valence-electron chi connectivity index (χ4n) is 3.21. The van der Waals surface area contributed by atoms with Crippen LogP contribution in [0.2, 0.25) is 0 Å². The molecule has 8 heteroatoms. The van der Waals surface area contributed by atoms with Gasteiger partial charge in [0.1, 0.15) is 5.76 Å². The molecule has 0 aromatic carbocycles. The van der Waals surface area contributed by atoms with Crippen LogP contribution in [-0.2, 0) is 19.3 Å². The molecule has 0 spiro atoms. The minimum atomic E-state index is -0.0307. The zero-order valence-electron chi connectivity index (χ0n) is 15.8. The molecule has 1 aliphatic heterocycles. The molecule has 1 aliphatic rings. The van der Waals surface area contributed by atoms with Crippen LogP contribution in [0.1, 0.15) is 21.9 Å². The number of furan rings is 1. The third-order valence-electron chi connectivity index (χ3n) is 4.81. The lowest BCUT2D eigenvalue weighted by Gasteiger charge is -2.34. The van der Waals surface area contributed by atoms with E-state index in [9.17, 15) is 4.79 Å². The summed E-state index contributed by atoms with van der Waals surface area (Å²) in [5, 5.41) is 0.926. The predicted molar refractivity (Wildman–Crippen MR) is 107 cm³/mol. The van der Waals surface area contributed by atoms with Gasteiger partial charge in [-0.25, -0.2) is 4.98 Å². The van der Waals surface area contributed by atoms with Gasteiger partial charge in [0.25, 0.3) is 5.91 Å². The summed E-state index contributed by atoms with van der Waals surface area (Å²) < 4.78 is 7.75.